The molecule has 0 aromatic rings. The van der Waals surface area contributed by atoms with Crippen molar-refractivity contribution in [3.8, 4) is 0 Å². The van der Waals surface area contributed by atoms with Gasteiger partial charge in [0.2, 0.25) is 9.05 Å². The Bertz CT molecular complexity index is 346. The average Bonchev–Trinajstić information content (AvgIpc) is 2.34. The highest BCUT2D eigenvalue weighted by Crippen LogP contribution is 2.33. The Kier molecular flexibility index (Phi) is 7.08. The van der Waals surface area contributed by atoms with Gasteiger partial charge < -0.3 is 9.47 Å². The molecule has 0 aliphatic carbocycles. The predicted octanol–water partition coefficient (Wildman–Crippen LogP) is 2.80. The molecule has 19 heavy (non-hydrogen) atoms. The van der Waals surface area contributed by atoms with Gasteiger partial charge in [0, 0.05) is 35.9 Å². The highest BCUT2D eigenvalue weighted by Gasteiger charge is 2.37. The van der Waals surface area contributed by atoms with Crippen molar-refractivity contribution in [3.05, 3.63) is 0 Å². The molecule has 1 aliphatic rings. The number of hydrogen-bond donors (Lipinski definition) is 0. The molecule has 0 spiro atoms. The first-order valence-corrected chi connectivity index (χ1v) is 9.46. The molecule has 1 fully saturated rings. The molecule has 1 saturated heterocycles. The van der Waals surface area contributed by atoms with Crippen LogP contribution in [0.15, 0.2) is 0 Å². The van der Waals surface area contributed by atoms with Crippen LogP contribution in [0.1, 0.15) is 39.5 Å². The second-order valence-corrected chi connectivity index (χ2v) is 8.27. The first kappa shape index (κ1) is 17.2. The van der Waals surface area contributed by atoms with Gasteiger partial charge in [0.25, 0.3) is 0 Å². The fraction of sp³-hybridized carbons (Fsp3) is 1.00. The van der Waals surface area contributed by atoms with E-state index < -0.39 is 9.05 Å². The lowest BCUT2D eigenvalue weighted by Crippen LogP contribution is -2.39. The molecule has 6 heteroatoms. The Morgan fingerprint density at radius 3 is 2.32 bits per heavy atom. The summed E-state index contributed by atoms with van der Waals surface area (Å²) in [5.74, 6) is 0.526. The van der Waals surface area contributed by atoms with Gasteiger partial charge in [-0.05, 0) is 18.8 Å². The lowest BCUT2D eigenvalue weighted by atomic mass is 9.83. The van der Waals surface area contributed by atoms with Crippen LogP contribution in [0.25, 0.3) is 0 Å². The van der Waals surface area contributed by atoms with E-state index in [4.69, 9.17) is 20.2 Å². The van der Waals surface area contributed by atoms with Crippen molar-refractivity contribution < 1.29 is 17.9 Å². The maximum Gasteiger partial charge on any atom is 0.233 e. The summed E-state index contributed by atoms with van der Waals surface area (Å²) in [6.07, 6.45) is 3.56. The van der Waals surface area contributed by atoms with E-state index in [2.05, 4.69) is 13.8 Å². The standard InChI is InChI=1S/C13H25ClO4S/c1-3-12(4-2)9-18-10-13(11-19(14,15)16)5-7-17-8-6-13/h12H,3-11H2,1-2H3. The van der Waals surface area contributed by atoms with Gasteiger partial charge in [-0.2, -0.15) is 0 Å². The molecule has 0 saturated carbocycles. The third kappa shape index (κ3) is 6.43. The summed E-state index contributed by atoms with van der Waals surface area (Å²) in [6, 6.07) is 0. The van der Waals surface area contributed by atoms with Crippen LogP contribution in [0, 0.1) is 11.3 Å². The van der Waals surface area contributed by atoms with Gasteiger partial charge in [-0.25, -0.2) is 8.42 Å². The molecule has 0 aromatic heterocycles. The lowest BCUT2D eigenvalue weighted by Gasteiger charge is -2.36. The third-order valence-electron chi connectivity index (χ3n) is 3.95. The van der Waals surface area contributed by atoms with E-state index in [1.165, 1.54) is 0 Å². The number of ether oxygens (including phenoxy) is 2. The third-order valence-corrected chi connectivity index (χ3v) is 5.23. The number of halogens is 1. The van der Waals surface area contributed by atoms with Crippen LogP contribution in [-0.4, -0.2) is 40.6 Å². The second-order valence-electron chi connectivity index (χ2n) is 5.49. The highest BCUT2D eigenvalue weighted by atomic mass is 35.7. The van der Waals surface area contributed by atoms with Crippen molar-refractivity contribution in [2.24, 2.45) is 11.3 Å². The van der Waals surface area contributed by atoms with Gasteiger partial charge in [0.1, 0.15) is 0 Å². The Morgan fingerprint density at radius 1 is 1.26 bits per heavy atom. The SMILES string of the molecule is CCC(CC)COCC1(CS(=O)(=O)Cl)CCOCC1. The molecule has 0 unspecified atom stereocenters. The fourth-order valence-electron chi connectivity index (χ4n) is 2.47. The Labute approximate surface area is 121 Å². The van der Waals surface area contributed by atoms with Crippen LogP contribution in [-0.2, 0) is 18.5 Å². The largest absolute Gasteiger partial charge is 0.381 e. The van der Waals surface area contributed by atoms with Crippen molar-refractivity contribution in [3.63, 3.8) is 0 Å². The normalized spacial score (nSPS) is 19.8. The molecule has 1 heterocycles. The summed E-state index contributed by atoms with van der Waals surface area (Å²) in [7, 11) is 1.92. The highest BCUT2D eigenvalue weighted by molar-refractivity contribution is 8.13. The Hall–Kier alpha value is 0.160. The van der Waals surface area contributed by atoms with Crippen molar-refractivity contribution >= 4 is 19.7 Å². The van der Waals surface area contributed by atoms with E-state index >= 15 is 0 Å². The zero-order valence-electron chi connectivity index (χ0n) is 11.9. The van der Waals surface area contributed by atoms with E-state index in [9.17, 15) is 8.42 Å². The second kappa shape index (κ2) is 7.81. The van der Waals surface area contributed by atoms with Gasteiger partial charge in [0.05, 0.1) is 12.4 Å². The molecular formula is C13H25ClO4S. The topological polar surface area (TPSA) is 52.6 Å². The molecular weight excluding hydrogens is 288 g/mol. The van der Waals surface area contributed by atoms with Gasteiger partial charge in [0.15, 0.2) is 0 Å². The number of hydrogen-bond acceptors (Lipinski definition) is 4. The van der Waals surface area contributed by atoms with E-state index in [1.807, 2.05) is 0 Å². The minimum absolute atomic E-state index is 0.0200. The first-order chi connectivity index (χ1) is 8.91. The molecule has 114 valence electrons. The molecule has 4 nitrogen and oxygen atoms in total. The van der Waals surface area contributed by atoms with Crippen LogP contribution in [0.4, 0.5) is 0 Å². The lowest BCUT2D eigenvalue weighted by molar-refractivity contribution is -0.0353. The molecule has 0 amide bonds. The van der Waals surface area contributed by atoms with Crippen LogP contribution in [0.3, 0.4) is 0 Å². The number of rotatable bonds is 8. The Morgan fingerprint density at radius 2 is 1.84 bits per heavy atom. The van der Waals surface area contributed by atoms with E-state index in [0.717, 1.165) is 12.8 Å². The fourth-order valence-corrected chi connectivity index (χ4v) is 4.26. The zero-order chi connectivity index (χ0) is 14.4. The van der Waals surface area contributed by atoms with E-state index in [0.29, 0.717) is 45.2 Å². The average molecular weight is 313 g/mol. The monoisotopic (exact) mass is 312 g/mol. The van der Waals surface area contributed by atoms with Crippen LogP contribution in [0.5, 0.6) is 0 Å². The summed E-state index contributed by atoms with van der Waals surface area (Å²) >= 11 is 0. The van der Waals surface area contributed by atoms with E-state index in [1.54, 1.807) is 0 Å². The van der Waals surface area contributed by atoms with Gasteiger partial charge in [-0.1, -0.05) is 26.7 Å². The maximum absolute atomic E-state index is 11.4. The molecule has 0 aromatic carbocycles. The first-order valence-electron chi connectivity index (χ1n) is 6.98. The van der Waals surface area contributed by atoms with E-state index in [-0.39, 0.29) is 11.2 Å². The van der Waals surface area contributed by atoms with Gasteiger partial charge in [-0.3, -0.25) is 0 Å². The molecule has 1 aliphatic heterocycles. The summed E-state index contributed by atoms with van der Waals surface area (Å²) in [5.41, 5.74) is -0.370. The van der Waals surface area contributed by atoms with Crippen molar-refractivity contribution in [1.29, 1.82) is 0 Å². The summed E-state index contributed by atoms with van der Waals surface area (Å²) in [6.45, 7) is 6.61. The van der Waals surface area contributed by atoms with Gasteiger partial charge in [-0.15, -0.1) is 0 Å². The minimum atomic E-state index is -3.51. The summed E-state index contributed by atoms with van der Waals surface area (Å²) in [5, 5.41) is 0. The smallest absolute Gasteiger partial charge is 0.233 e. The van der Waals surface area contributed by atoms with Crippen molar-refractivity contribution in [1.82, 2.24) is 0 Å². The minimum Gasteiger partial charge on any atom is -0.381 e. The molecule has 0 radical (unpaired) electrons. The molecule has 1 rings (SSSR count). The summed E-state index contributed by atoms with van der Waals surface area (Å²) < 4.78 is 33.9. The van der Waals surface area contributed by atoms with Crippen LogP contribution < -0.4 is 0 Å². The maximum atomic E-state index is 11.4. The summed E-state index contributed by atoms with van der Waals surface area (Å²) in [4.78, 5) is 0. The molecule has 0 bridgehead atoms. The van der Waals surface area contributed by atoms with Crippen molar-refractivity contribution in [2.75, 3.05) is 32.2 Å². The Balaban J connectivity index is 2.55. The zero-order valence-corrected chi connectivity index (χ0v) is 13.4. The van der Waals surface area contributed by atoms with Crippen LogP contribution >= 0.6 is 10.7 Å². The van der Waals surface area contributed by atoms with Crippen LogP contribution in [0.2, 0.25) is 0 Å². The quantitative estimate of drug-likeness (QED) is 0.647. The molecule has 0 atom stereocenters. The van der Waals surface area contributed by atoms with Crippen molar-refractivity contribution in [2.45, 2.75) is 39.5 Å². The van der Waals surface area contributed by atoms with Gasteiger partial charge >= 0.3 is 0 Å². The predicted molar refractivity (Wildman–Crippen MR) is 77.0 cm³/mol. The molecule has 0 N–H and O–H groups in total.